The summed E-state index contributed by atoms with van der Waals surface area (Å²) in [5.41, 5.74) is 0. The molecule has 0 radical (unpaired) electrons. The zero-order chi connectivity index (χ0) is 11.6. The van der Waals surface area contributed by atoms with Crippen molar-refractivity contribution in [3.05, 3.63) is 12.2 Å². The molecule has 82 valence electrons. The van der Waals surface area contributed by atoms with Crippen molar-refractivity contribution >= 4 is 23.3 Å². The third-order valence-corrected chi connectivity index (χ3v) is 2.35. The molecule has 0 aromatic rings. The lowest BCUT2D eigenvalue weighted by atomic mass is 10.2. The summed E-state index contributed by atoms with van der Waals surface area (Å²) in [4.78, 5) is 20.4. The van der Waals surface area contributed by atoms with Crippen molar-refractivity contribution in [1.29, 1.82) is 0 Å². The molecule has 2 nitrogen and oxygen atoms in total. The van der Waals surface area contributed by atoms with E-state index < -0.39 is 0 Å². The predicted octanol–water partition coefficient (Wildman–Crippen LogP) is 2.87. The molecule has 0 aromatic carbocycles. The van der Waals surface area contributed by atoms with Gasteiger partial charge in [0.05, 0.1) is 0 Å². The lowest BCUT2D eigenvalue weighted by Gasteiger charge is -2.01. The van der Waals surface area contributed by atoms with E-state index in [0.717, 1.165) is 0 Å². The van der Waals surface area contributed by atoms with E-state index in [2.05, 4.69) is 6.92 Å². The van der Waals surface area contributed by atoms with Crippen LogP contribution in [0, 0.1) is 0 Å². The first-order valence-corrected chi connectivity index (χ1v) is 5.88. The minimum atomic E-state index is 0.109. The van der Waals surface area contributed by atoms with Crippen LogP contribution in [0.4, 0.5) is 0 Å². The van der Waals surface area contributed by atoms with Crippen LogP contribution < -0.4 is 0 Å². The first-order valence-electron chi connectivity index (χ1n) is 4.59. The SMILES string of the molecule is C/C=C/C(C)=O.CSC(C)CC(C)=O. The van der Waals surface area contributed by atoms with Crippen molar-refractivity contribution in [3.63, 3.8) is 0 Å². The quantitative estimate of drug-likeness (QED) is 0.678. The Bertz CT molecular complexity index is 197. The highest BCUT2D eigenvalue weighted by atomic mass is 32.2. The number of carbonyl (C=O) groups excluding carboxylic acids is 2. The van der Waals surface area contributed by atoms with E-state index in [1.165, 1.54) is 13.0 Å². The third-order valence-electron chi connectivity index (χ3n) is 1.38. The average molecular weight is 216 g/mol. The Balaban J connectivity index is 0. The fourth-order valence-electron chi connectivity index (χ4n) is 0.723. The molecule has 0 rings (SSSR count). The molecule has 14 heavy (non-hydrogen) atoms. The number of rotatable bonds is 4. The molecule has 0 saturated carbocycles. The minimum absolute atomic E-state index is 0.109. The van der Waals surface area contributed by atoms with E-state index >= 15 is 0 Å². The van der Waals surface area contributed by atoms with Gasteiger partial charge >= 0.3 is 0 Å². The van der Waals surface area contributed by atoms with Gasteiger partial charge in [-0.3, -0.25) is 9.59 Å². The average Bonchev–Trinajstić information content (AvgIpc) is 2.03. The van der Waals surface area contributed by atoms with Crippen LogP contribution in [0.15, 0.2) is 12.2 Å². The molecule has 0 fully saturated rings. The molecule has 0 heterocycles. The Morgan fingerprint density at radius 3 is 1.93 bits per heavy atom. The van der Waals surface area contributed by atoms with Crippen molar-refractivity contribution < 1.29 is 9.59 Å². The highest BCUT2D eigenvalue weighted by Gasteiger charge is 2.00. The van der Waals surface area contributed by atoms with Crippen LogP contribution in [0.3, 0.4) is 0 Å². The van der Waals surface area contributed by atoms with Gasteiger partial charge in [0.25, 0.3) is 0 Å². The van der Waals surface area contributed by atoms with Gasteiger partial charge in [0.15, 0.2) is 5.78 Å². The van der Waals surface area contributed by atoms with Gasteiger partial charge in [0.2, 0.25) is 0 Å². The van der Waals surface area contributed by atoms with Gasteiger partial charge < -0.3 is 0 Å². The fraction of sp³-hybridized carbons (Fsp3) is 0.636. The summed E-state index contributed by atoms with van der Waals surface area (Å²) in [6.07, 6.45) is 5.98. The molecule has 0 aliphatic heterocycles. The van der Waals surface area contributed by atoms with Crippen LogP contribution in [-0.2, 0) is 9.59 Å². The predicted molar refractivity (Wildman–Crippen MR) is 63.8 cm³/mol. The van der Waals surface area contributed by atoms with Crippen LogP contribution in [0.1, 0.15) is 34.1 Å². The second-order valence-electron chi connectivity index (χ2n) is 3.06. The van der Waals surface area contributed by atoms with E-state index in [1.54, 1.807) is 24.8 Å². The molecule has 1 atom stereocenters. The van der Waals surface area contributed by atoms with E-state index in [9.17, 15) is 9.59 Å². The van der Waals surface area contributed by atoms with Gasteiger partial charge in [-0.25, -0.2) is 0 Å². The van der Waals surface area contributed by atoms with E-state index in [0.29, 0.717) is 11.7 Å². The Labute approximate surface area is 91.2 Å². The topological polar surface area (TPSA) is 34.1 Å². The highest BCUT2D eigenvalue weighted by Crippen LogP contribution is 2.08. The summed E-state index contributed by atoms with van der Waals surface area (Å²) in [6, 6.07) is 0. The molecular formula is C11H20O2S. The Morgan fingerprint density at radius 1 is 1.36 bits per heavy atom. The number of allylic oxidation sites excluding steroid dienone is 2. The number of Topliss-reactive ketones (excluding diaryl/α,β-unsaturated/α-hetero) is 1. The second kappa shape index (κ2) is 10.5. The number of thioether (sulfide) groups is 1. The van der Waals surface area contributed by atoms with E-state index in [1.807, 2.05) is 13.2 Å². The first-order chi connectivity index (χ1) is 6.43. The standard InChI is InChI=1S/C6H12OS.C5H8O/c1-5(7)4-6(2)8-3;1-3-4-5(2)6/h6H,4H2,1-3H3;3-4H,1-2H3/b;4-3+. The monoisotopic (exact) mass is 216 g/mol. The molecule has 0 aliphatic rings. The summed E-state index contributed by atoms with van der Waals surface area (Å²) in [7, 11) is 0. The van der Waals surface area contributed by atoms with Gasteiger partial charge in [0, 0.05) is 11.7 Å². The lowest BCUT2D eigenvalue weighted by Crippen LogP contribution is -2.01. The van der Waals surface area contributed by atoms with Crippen molar-refractivity contribution in [1.82, 2.24) is 0 Å². The lowest BCUT2D eigenvalue weighted by molar-refractivity contribution is -0.117. The maximum absolute atomic E-state index is 10.4. The number of ketones is 2. The van der Waals surface area contributed by atoms with Crippen molar-refractivity contribution in [2.75, 3.05) is 6.26 Å². The van der Waals surface area contributed by atoms with Gasteiger partial charge in [0.1, 0.15) is 5.78 Å². The molecular weight excluding hydrogens is 196 g/mol. The van der Waals surface area contributed by atoms with Gasteiger partial charge in [-0.1, -0.05) is 13.0 Å². The first kappa shape index (κ1) is 15.9. The number of carbonyl (C=O) groups is 2. The molecule has 0 spiro atoms. The smallest absolute Gasteiger partial charge is 0.152 e. The summed E-state index contributed by atoms with van der Waals surface area (Å²) in [5, 5.41) is 0.493. The fourth-order valence-corrected chi connectivity index (χ4v) is 1.12. The summed E-state index contributed by atoms with van der Waals surface area (Å²) in [6.45, 7) is 7.04. The molecule has 0 amide bonds. The van der Waals surface area contributed by atoms with E-state index in [4.69, 9.17) is 0 Å². The molecule has 0 saturated heterocycles. The van der Waals surface area contributed by atoms with Crippen LogP contribution in [-0.4, -0.2) is 23.1 Å². The van der Waals surface area contributed by atoms with Crippen LogP contribution in [0.25, 0.3) is 0 Å². The highest BCUT2D eigenvalue weighted by molar-refractivity contribution is 7.99. The van der Waals surface area contributed by atoms with Gasteiger partial charge in [-0.05, 0) is 33.1 Å². The normalized spacial score (nSPS) is 11.8. The van der Waals surface area contributed by atoms with Crippen molar-refractivity contribution in [2.24, 2.45) is 0 Å². The Hall–Kier alpha value is -0.570. The van der Waals surface area contributed by atoms with Crippen LogP contribution >= 0.6 is 11.8 Å². The molecule has 0 aliphatic carbocycles. The third kappa shape index (κ3) is 17.5. The van der Waals surface area contributed by atoms with E-state index in [-0.39, 0.29) is 11.6 Å². The zero-order valence-electron chi connectivity index (χ0n) is 9.66. The molecule has 3 heteroatoms. The number of hydrogen-bond donors (Lipinski definition) is 0. The summed E-state index contributed by atoms with van der Waals surface area (Å²) < 4.78 is 0. The van der Waals surface area contributed by atoms with Crippen LogP contribution in [0.2, 0.25) is 0 Å². The van der Waals surface area contributed by atoms with Crippen molar-refractivity contribution in [2.45, 2.75) is 39.4 Å². The summed E-state index contributed by atoms with van der Waals surface area (Å²) in [5.74, 6) is 0.393. The van der Waals surface area contributed by atoms with Gasteiger partial charge in [-0.2, -0.15) is 11.8 Å². The van der Waals surface area contributed by atoms with Crippen LogP contribution in [0.5, 0.6) is 0 Å². The molecule has 0 N–H and O–H groups in total. The Kier molecular flexibility index (Phi) is 11.9. The van der Waals surface area contributed by atoms with Crippen molar-refractivity contribution in [3.8, 4) is 0 Å². The van der Waals surface area contributed by atoms with Gasteiger partial charge in [-0.15, -0.1) is 0 Å². The molecule has 0 aromatic heterocycles. The summed E-state index contributed by atoms with van der Waals surface area (Å²) >= 11 is 1.73. The minimum Gasteiger partial charge on any atom is -0.300 e. The second-order valence-corrected chi connectivity index (χ2v) is 4.34. The largest absolute Gasteiger partial charge is 0.300 e. The number of hydrogen-bond acceptors (Lipinski definition) is 3. The maximum atomic E-state index is 10.4. The molecule has 1 unspecified atom stereocenters. The zero-order valence-corrected chi connectivity index (χ0v) is 10.5. The molecule has 0 bridgehead atoms. The Morgan fingerprint density at radius 2 is 1.86 bits per heavy atom. The maximum Gasteiger partial charge on any atom is 0.152 e.